The fourth-order valence-corrected chi connectivity index (χ4v) is 4.80. The van der Waals surface area contributed by atoms with Gasteiger partial charge in [-0.3, -0.25) is 0 Å². The highest BCUT2D eigenvalue weighted by Gasteiger charge is 2.31. The van der Waals surface area contributed by atoms with E-state index < -0.39 is 0 Å². The highest BCUT2D eigenvalue weighted by Crippen LogP contribution is 2.32. The lowest BCUT2D eigenvalue weighted by molar-refractivity contribution is -0.927. The molecule has 4 rings (SSSR count). The maximum absolute atomic E-state index is 6.01. The summed E-state index contributed by atoms with van der Waals surface area (Å²) in [6.45, 7) is 4.86. The number of quaternary nitrogens is 1. The maximum atomic E-state index is 6.01. The topological polar surface area (TPSA) is 7.68 Å². The van der Waals surface area contributed by atoms with Gasteiger partial charge in [-0.15, -0.1) is 0 Å². The number of piperazine rings is 1. The molecule has 1 heterocycles. The maximum Gasteiger partial charge on any atom is 0.0951 e. The van der Waals surface area contributed by atoms with Crippen molar-refractivity contribution in [3.8, 4) is 0 Å². The molecule has 0 spiro atoms. The first kappa shape index (κ1) is 16.9. The predicted molar refractivity (Wildman–Crippen MR) is 106 cm³/mol. The molecule has 0 atom stereocenters. The van der Waals surface area contributed by atoms with Gasteiger partial charge in [0, 0.05) is 10.7 Å². The van der Waals surface area contributed by atoms with Crippen molar-refractivity contribution in [2.45, 2.75) is 37.6 Å². The first-order valence-electron chi connectivity index (χ1n) is 9.69. The Kier molecular flexibility index (Phi) is 5.28. The standard InChI is InChI=1S/C22H27ClN2/c23-20-8-12-22(13-9-20)25-16-14-24(15-17-25)21-10-6-19(7-11-21)18-4-2-1-3-5-18/h1-5,8-9,12-13,19,21H,6-7,10-11,14-17H2/p+1. The van der Waals surface area contributed by atoms with Gasteiger partial charge in [-0.25, -0.2) is 0 Å². The lowest BCUT2D eigenvalue weighted by Crippen LogP contribution is -3.18. The lowest BCUT2D eigenvalue weighted by atomic mass is 9.81. The van der Waals surface area contributed by atoms with Crippen LogP contribution in [-0.2, 0) is 0 Å². The van der Waals surface area contributed by atoms with Gasteiger partial charge in [0.1, 0.15) is 0 Å². The minimum Gasteiger partial charge on any atom is -0.360 e. The molecule has 0 aromatic heterocycles. The Morgan fingerprint density at radius 2 is 1.44 bits per heavy atom. The zero-order valence-corrected chi connectivity index (χ0v) is 15.6. The molecule has 0 amide bonds. The summed E-state index contributed by atoms with van der Waals surface area (Å²) in [7, 11) is 0. The number of rotatable bonds is 3. The Bertz CT molecular complexity index is 654. The largest absolute Gasteiger partial charge is 0.360 e. The SMILES string of the molecule is Clc1ccc(N2CC[NH+](C3CCC(c4ccccc4)CC3)CC2)cc1. The Morgan fingerprint density at radius 3 is 2.08 bits per heavy atom. The normalized spacial score (nSPS) is 25.1. The van der Waals surface area contributed by atoms with Crippen LogP contribution in [0.3, 0.4) is 0 Å². The number of nitrogens with zero attached hydrogens (tertiary/aromatic N) is 1. The van der Waals surface area contributed by atoms with E-state index in [1.165, 1.54) is 44.5 Å². The first-order valence-corrected chi connectivity index (χ1v) is 10.1. The van der Waals surface area contributed by atoms with Crippen LogP contribution in [0.15, 0.2) is 54.6 Å². The summed E-state index contributed by atoms with van der Waals surface area (Å²) in [5.41, 5.74) is 2.86. The molecule has 0 radical (unpaired) electrons. The number of hydrogen-bond donors (Lipinski definition) is 1. The number of nitrogens with one attached hydrogen (secondary N) is 1. The number of hydrogen-bond acceptors (Lipinski definition) is 1. The quantitative estimate of drug-likeness (QED) is 0.880. The zero-order valence-electron chi connectivity index (χ0n) is 14.8. The number of benzene rings is 2. The molecule has 2 nitrogen and oxygen atoms in total. The minimum absolute atomic E-state index is 0.784. The number of anilines is 1. The van der Waals surface area contributed by atoms with Crippen molar-refractivity contribution in [1.29, 1.82) is 0 Å². The van der Waals surface area contributed by atoms with E-state index in [9.17, 15) is 0 Å². The molecule has 1 aliphatic heterocycles. The summed E-state index contributed by atoms with van der Waals surface area (Å²) in [5, 5.41) is 0.822. The van der Waals surface area contributed by atoms with Gasteiger partial charge in [-0.2, -0.15) is 0 Å². The second-order valence-corrected chi connectivity index (χ2v) is 8.02. The molecule has 1 N–H and O–H groups in total. The average molecular weight is 356 g/mol. The first-order chi connectivity index (χ1) is 12.3. The van der Waals surface area contributed by atoms with Crippen molar-refractivity contribution >= 4 is 17.3 Å². The van der Waals surface area contributed by atoms with Gasteiger partial charge in [0.2, 0.25) is 0 Å². The summed E-state index contributed by atoms with van der Waals surface area (Å²) in [5.74, 6) is 0.784. The van der Waals surface area contributed by atoms with Crippen LogP contribution in [0.1, 0.15) is 37.2 Å². The van der Waals surface area contributed by atoms with E-state index in [2.05, 4.69) is 47.4 Å². The van der Waals surface area contributed by atoms with Crippen LogP contribution in [0.5, 0.6) is 0 Å². The van der Waals surface area contributed by atoms with Gasteiger partial charge in [0.15, 0.2) is 0 Å². The molecule has 25 heavy (non-hydrogen) atoms. The van der Waals surface area contributed by atoms with Crippen molar-refractivity contribution in [3.05, 3.63) is 65.2 Å². The van der Waals surface area contributed by atoms with E-state index in [-0.39, 0.29) is 0 Å². The fourth-order valence-electron chi connectivity index (χ4n) is 4.67. The summed E-state index contributed by atoms with van der Waals surface area (Å²) in [6.07, 6.45) is 5.49. The van der Waals surface area contributed by atoms with Gasteiger partial charge in [-0.1, -0.05) is 41.9 Å². The van der Waals surface area contributed by atoms with Crippen LogP contribution < -0.4 is 9.80 Å². The van der Waals surface area contributed by atoms with Crippen molar-refractivity contribution in [3.63, 3.8) is 0 Å². The van der Waals surface area contributed by atoms with Crippen LogP contribution in [0, 0.1) is 0 Å². The summed E-state index contributed by atoms with van der Waals surface area (Å²) >= 11 is 6.01. The van der Waals surface area contributed by atoms with Gasteiger partial charge in [0.05, 0.1) is 32.2 Å². The third-order valence-corrected chi connectivity index (χ3v) is 6.42. The highest BCUT2D eigenvalue weighted by atomic mass is 35.5. The second kappa shape index (κ2) is 7.80. The summed E-state index contributed by atoms with van der Waals surface area (Å²) < 4.78 is 0. The summed E-state index contributed by atoms with van der Waals surface area (Å²) in [6, 6.07) is 20.3. The minimum atomic E-state index is 0.784. The predicted octanol–water partition coefficient (Wildman–Crippen LogP) is 3.77. The molecule has 0 bridgehead atoms. The molecule has 2 aliphatic rings. The Morgan fingerprint density at radius 1 is 0.800 bits per heavy atom. The van der Waals surface area contributed by atoms with E-state index in [4.69, 9.17) is 11.6 Å². The molecular formula is C22H28ClN2+. The van der Waals surface area contributed by atoms with E-state index in [0.29, 0.717) is 0 Å². The van der Waals surface area contributed by atoms with E-state index >= 15 is 0 Å². The molecule has 1 aliphatic carbocycles. The molecule has 0 unspecified atom stereocenters. The van der Waals surface area contributed by atoms with Crippen molar-refractivity contribution in [1.82, 2.24) is 0 Å². The summed E-state index contributed by atoms with van der Waals surface area (Å²) in [4.78, 5) is 4.34. The van der Waals surface area contributed by atoms with Crippen molar-refractivity contribution in [2.24, 2.45) is 0 Å². The Labute approximate surface area is 156 Å². The third-order valence-electron chi connectivity index (χ3n) is 6.17. The van der Waals surface area contributed by atoms with Crippen LogP contribution in [-0.4, -0.2) is 32.2 Å². The van der Waals surface area contributed by atoms with Crippen LogP contribution in [0.4, 0.5) is 5.69 Å². The van der Waals surface area contributed by atoms with Crippen LogP contribution in [0.2, 0.25) is 5.02 Å². The highest BCUT2D eigenvalue weighted by molar-refractivity contribution is 6.30. The van der Waals surface area contributed by atoms with E-state index in [1.807, 2.05) is 17.0 Å². The van der Waals surface area contributed by atoms with Crippen LogP contribution in [0.25, 0.3) is 0 Å². The molecule has 132 valence electrons. The lowest BCUT2D eigenvalue weighted by Gasteiger charge is -2.40. The van der Waals surface area contributed by atoms with Crippen molar-refractivity contribution in [2.75, 3.05) is 31.1 Å². The van der Waals surface area contributed by atoms with Gasteiger partial charge in [0.25, 0.3) is 0 Å². The zero-order chi connectivity index (χ0) is 17.1. The van der Waals surface area contributed by atoms with Gasteiger partial charge < -0.3 is 9.80 Å². The average Bonchev–Trinajstić information content (AvgIpc) is 2.70. The van der Waals surface area contributed by atoms with E-state index in [0.717, 1.165) is 30.1 Å². The van der Waals surface area contributed by atoms with Crippen molar-refractivity contribution < 1.29 is 4.90 Å². The molecular weight excluding hydrogens is 328 g/mol. The number of halogens is 1. The third kappa shape index (κ3) is 4.02. The molecule has 2 fully saturated rings. The molecule has 2 aromatic rings. The molecule has 3 heteroatoms. The molecule has 1 saturated heterocycles. The van der Waals surface area contributed by atoms with E-state index in [1.54, 1.807) is 5.56 Å². The monoisotopic (exact) mass is 355 g/mol. The Balaban J connectivity index is 1.28. The second-order valence-electron chi connectivity index (χ2n) is 7.58. The smallest absolute Gasteiger partial charge is 0.0951 e. The van der Waals surface area contributed by atoms with Crippen LogP contribution >= 0.6 is 11.6 Å². The fraction of sp³-hybridized carbons (Fsp3) is 0.455. The molecule has 1 saturated carbocycles. The Hall–Kier alpha value is -1.51. The van der Waals surface area contributed by atoms with Gasteiger partial charge in [-0.05, 0) is 61.4 Å². The molecule has 2 aromatic carbocycles. The van der Waals surface area contributed by atoms with Gasteiger partial charge >= 0.3 is 0 Å².